The van der Waals surface area contributed by atoms with Crippen LogP contribution >= 0.6 is 0 Å². The molecule has 2 aromatic rings. The number of aliphatic hydroxyl groups excluding tert-OH is 1. The van der Waals surface area contributed by atoms with Gasteiger partial charge in [0.1, 0.15) is 0 Å². The molecule has 9 nitrogen and oxygen atoms in total. The van der Waals surface area contributed by atoms with E-state index in [9.17, 15) is 19.5 Å². The summed E-state index contributed by atoms with van der Waals surface area (Å²) >= 11 is 0. The summed E-state index contributed by atoms with van der Waals surface area (Å²) in [5, 5.41) is 9.88. The number of ether oxygens (including phenoxy) is 2. The standard InChI is InChI=1S/C37H50FN3O6Si/c1-24(2)11-8-12-25(3)17-20-41-30-16-15-27(40-19-10-14-31(46-5)35(40)44)21-29(30)37(36(41)45)26(4)34(48(6,7)38)32(47-37)22-33(43)39-18-9-13-28(39)23-42/h10-11,14-17,19,21,26,28,32,34,42H,8-9,12-13,18,20,22-23H2,1-7H3/b25-17+/t26-,28-,32+,34-,37+/m0/s1. The van der Waals surface area contributed by atoms with Crippen molar-refractivity contribution in [3.63, 3.8) is 0 Å². The van der Waals surface area contributed by atoms with Gasteiger partial charge in [-0.3, -0.25) is 19.0 Å². The van der Waals surface area contributed by atoms with E-state index in [-0.39, 0.29) is 42.2 Å². The third-order valence-corrected chi connectivity index (χ3v) is 12.8. The van der Waals surface area contributed by atoms with Gasteiger partial charge in [-0.2, -0.15) is 0 Å². The summed E-state index contributed by atoms with van der Waals surface area (Å²) in [5.41, 5.74) is 1.57. The molecule has 3 aliphatic heterocycles. The minimum Gasteiger partial charge on any atom is -0.491 e. The number of allylic oxidation sites excluding steroid dienone is 3. The van der Waals surface area contributed by atoms with Crippen molar-refractivity contribution in [2.24, 2.45) is 5.92 Å². The summed E-state index contributed by atoms with van der Waals surface area (Å²) in [4.78, 5) is 45.1. The molecule has 5 rings (SSSR count). The van der Waals surface area contributed by atoms with Gasteiger partial charge in [0, 0.05) is 42.0 Å². The number of hydrogen-bond donors (Lipinski definition) is 1. The van der Waals surface area contributed by atoms with E-state index in [1.807, 2.05) is 19.1 Å². The lowest BCUT2D eigenvalue weighted by Crippen LogP contribution is -2.45. The fraction of sp³-hybridized carbons (Fsp3) is 0.541. The van der Waals surface area contributed by atoms with Gasteiger partial charge in [-0.1, -0.05) is 30.2 Å². The molecule has 2 fully saturated rings. The van der Waals surface area contributed by atoms with Crippen LogP contribution in [-0.4, -0.2) is 73.7 Å². The van der Waals surface area contributed by atoms with Gasteiger partial charge in [-0.25, -0.2) is 0 Å². The molecule has 260 valence electrons. The smallest absolute Gasteiger partial charge is 0.297 e. The molecule has 11 heteroatoms. The maximum absolute atomic E-state index is 16.4. The zero-order valence-corrected chi connectivity index (χ0v) is 30.3. The summed E-state index contributed by atoms with van der Waals surface area (Å²) < 4.78 is 30.0. The number of rotatable bonds is 11. The summed E-state index contributed by atoms with van der Waals surface area (Å²) in [6.07, 6.45) is 8.24. The van der Waals surface area contributed by atoms with Gasteiger partial charge in [0.25, 0.3) is 11.5 Å². The van der Waals surface area contributed by atoms with Gasteiger partial charge >= 0.3 is 0 Å². The minimum atomic E-state index is -3.51. The van der Waals surface area contributed by atoms with E-state index in [0.29, 0.717) is 30.0 Å². The summed E-state index contributed by atoms with van der Waals surface area (Å²) in [7, 11) is -2.07. The molecule has 1 aromatic carbocycles. The summed E-state index contributed by atoms with van der Waals surface area (Å²) in [6, 6.07) is 8.46. The average Bonchev–Trinajstić information content (AvgIpc) is 3.69. The van der Waals surface area contributed by atoms with Crippen LogP contribution in [0.25, 0.3) is 5.69 Å². The molecule has 1 spiro atoms. The molecule has 0 saturated carbocycles. The fourth-order valence-electron chi connectivity index (χ4n) is 7.98. The number of aromatic nitrogens is 1. The highest BCUT2D eigenvalue weighted by atomic mass is 28.4. The quantitative estimate of drug-likeness (QED) is 0.177. The van der Waals surface area contributed by atoms with Gasteiger partial charge < -0.3 is 28.5 Å². The van der Waals surface area contributed by atoms with E-state index in [1.54, 1.807) is 53.4 Å². The lowest BCUT2D eigenvalue weighted by atomic mass is 9.82. The van der Waals surface area contributed by atoms with Crippen LogP contribution in [0.2, 0.25) is 18.6 Å². The van der Waals surface area contributed by atoms with E-state index in [2.05, 4.69) is 26.8 Å². The highest BCUT2D eigenvalue weighted by molar-refractivity contribution is 6.72. The van der Waals surface area contributed by atoms with Crippen molar-refractivity contribution in [1.82, 2.24) is 9.47 Å². The highest BCUT2D eigenvalue weighted by Gasteiger charge is 2.67. The van der Waals surface area contributed by atoms with Gasteiger partial charge in [-0.05, 0) is 89.9 Å². The van der Waals surface area contributed by atoms with Gasteiger partial charge in [0.15, 0.2) is 11.4 Å². The second kappa shape index (κ2) is 14.1. The second-order valence-electron chi connectivity index (χ2n) is 14.3. The first-order valence-corrected chi connectivity index (χ1v) is 20.0. The first kappa shape index (κ1) is 35.8. The number of pyridine rings is 1. The molecule has 1 aromatic heterocycles. The maximum atomic E-state index is 16.4. The van der Waals surface area contributed by atoms with Crippen LogP contribution in [0.1, 0.15) is 65.4 Å². The average molecular weight is 680 g/mol. The Balaban J connectivity index is 1.59. The molecule has 48 heavy (non-hydrogen) atoms. The third-order valence-electron chi connectivity index (χ3n) is 10.4. The zero-order valence-electron chi connectivity index (χ0n) is 29.3. The van der Waals surface area contributed by atoms with E-state index >= 15 is 4.11 Å². The van der Waals surface area contributed by atoms with Gasteiger partial charge in [0.05, 0.1) is 38.0 Å². The van der Waals surface area contributed by atoms with Crippen molar-refractivity contribution in [3.05, 3.63) is 75.7 Å². The third kappa shape index (κ3) is 6.56. The van der Waals surface area contributed by atoms with Crippen molar-refractivity contribution in [3.8, 4) is 11.4 Å². The number of amides is 2. The number of halogens is 1. The van der Waals surface area contributed by atoms with Crippen molar-refractivity contribution in [2.75, 3.05) is 31.7 Å². The molecular weight excluding hydrogens is 630 g/mol. The topological polar surface area (TPSA) is 101 Å². The monoisotopic (exact) mass is 679 g/mol. The van der Waals surface area contributed by atoms with Crippen LogP contribution < -0.4 is 15.2 Å². The molecule has 4 heterocycles. The Morgan fingerprint density at radius 2 is 1.94 bits per heavy atom. The normalized spacial score (nSPS) is 25.6. The number of likely N-dealkylation sites (tertiary alicyclic amines) is 1. The SMILES string of the molecule is COc1cccn(-c2ccc3c(c2)[C@@]2(O[C@H](CC(=O)N4CCC[C@H]4CO)[C@@H]([Si](C)(C)F)[C@@H]2C)C(=O)N3C/C=C(\C)CCC=C(C)C)c1=O. The number of hydrogen-bond acceptors (Lipinski definition) is 6. The molecule has 5 atom stereocenters. The number of methoxy groups -OCH3 is 1. The van der Waals surface area contributed by atoms with E-state index in [0.717, 1.165) is 31.3 Å². The molecular formula is C37H50FN3O6Si. The number of aliphatic hydroxyl groups is 1. The lowest BCUT2D eigenvalue weighted by Gasteiger charge is -2.31. The molecule has 2 amide bonds. The number of benzene rings is 1. The number of nitrogens with zero attached hydrogens (tertiary/aromatic N) is 3. The van der Waals surface area contributed by atoms with Crippen molar-refractivity contribution in [2.45, 2.75) is 96.2 Å². The fourth-order valence-corrected chi connectivity index (χ4v) is 10.5. The van der Waals surface area contributed by atoms with Gasteiger partial charge in [0.2, 0.25) is 14.3 Å². The van der Waals surface area contributed by atoms with E-state index in [4.69, 9.17) is 9.47 Å². The van der Waals surface area contributed by atoms with Crippen LogP contribution in [0.4, 0.5) is 9.80 Å². The van der Waals surface area contributed by atoms with E-state index in [1.165, 1.54) is 17.3 Å². The Kier molecular flexibility index (Phi) is 10.5. The van der Waals surface area contributed by atoms with Gasteiger partial charge in [-0.15, -0.1) is 0 Å². The van der Waals surface area contributed by atoms with Crippen LogP contribution in [0.3, 0.4) is 0 Å². The van der Waals surface area contributed by atoms with Crippen LogP contribution in [0.5, 0.6) is 5.75 Å². The Labute approximate surface area is 284 Å². The molecule has 3 aliphatic rings. The first-order valence-electron chi connectivity index (χ1n) is 17.0. The van der Waals surface area contributed by atoms with Crippen LogP contribution in [0, 0.1) is 5.92 Å². The molecule has 0 unspecified atom stereocenters. The number of fused-ring (bicyclic) bond motifs is 2. The Morgan fingerprint density at radius 3 is 2.60 bits per heavy atom. The zero-order chi connectivity index (χ0) is 35.0. The highest BCUT2D eigenvalue weighted by Crippen LogP contribution is 2.60. The Morgan fingerprint density at radius 1 is 1.19 bits per heavy atom. The predicted octanol–water partition coefficient (Wildman–Crippen LogP) is 6.03. The second-order valence-corrected chi connectivity index (χ2v) is 18.1. The predicted molar refractivity (Wildman–Crippen MR) is 188 cm³/mol. The maximum Gasteiger partial charge on any atom is 0.297 e. The minimum absolute atomic E-state index is 0.0748. The molecule has 2 saturated heterocycles. The van der Waals surface area contributed by atoms with Crippen molar-refractivity contribution < 1.29 is 28.3 Å². The first-order chi connectivity index (χ1) is 22.7. The lowest BCUT2D eigenvalue weighted by molar-refractivity contribution is -0.149. The Hall–Kier alpha value is -3.54. The summed E-state index contributed by atoms with van der Waals surface area (Å²) in [5.74, 6) is -0.902. The van der Waals surface area contributed by atoms with E-state index < -0.39 is 31.6 Å². The largest absolute Gasteiger partial charge is 0.491 e. The number of anilines is 1. The van der Waals surface area contributed by atoms with Crippen molar-refractivity contribution in [1.29, 1.82) is 0 Å². The number of carbonyl (C=O) groups is 2. The van der Waals surface area contributed by atoms with Crippen molar-refractivity contribution >= 4 is 25.9 Å². The molecule has 0 radical (unpaired) electrons. The van der Waals surface area contributed by atoms with Crippen LogP contribution in [-0.2, 0) is 19.9 Å². The summed E-state index contributed by atoms with van der Waals surface area (Å²) in [6.45, 7) is 12.0. The molecule has 1 N–H and O–H groups in total. The molecule has 0 bridgehead atoms. The molecule has 0 aliphatic carbocycles. The van der Waals surface area contributed by atoms with Crippen LogP contribution in [0.15, 0.2) is 64.6 Å². The Bertz CT molecular complexity index is 1660. The number of carbonyl (C=O) groups excluding carboxylic acids is 2.